The van der Waals surface area contributed by atoms with E-state index in [0.29, 0.717) is 16.1 Å². The molecule has 1 heterocycles. The van der Waals surface area contributed by atoms with Gasteiger partial charge in [0.15, 0.2) is 0 Å². The standard InChI is InChI=1S/C14H13Cl2NO/c15-9-1-5-12(13(16)7-9)14-6-4-11(18-14)8-17-10-2-3-10/h1,4-7,10,17H,2-3,8H2. The third kappa shape index (κ3) is 2.72. The van der Waals surface area contributed by atoms with Crippen molar-refractivity contribution in [2.75, 3.05) is 0 Å². The maximum atomic E-state index is 6.15. The highest BCUT2D eigenvalue weighted by atomic mass is 35.5. The van der Waals surface area contributed by atoms with E-state index in [2.05, 4.69) is 5.32 Å². The van der Waals surface area contributed by atoms with E-state index >= 15 is 0 Å². The summed E-state index contributed by atoms with van der Waals surface area (Å²) in [7, 11) is 0. The molecular formula is C14H13Cl2NO. The summed E-state index contributed by atoms with van der Waals surface area (Å²) in [4.78, 5) is 0. The lowest BCUT2D eigenvalue weighted by atomic mass is 10.2. The summed E-state index contributed by atoms with van der Waals surface area (Å²) in [6.45, 7) is 0.774. The predicted molar refractivity (Wildman–Crippen MR) is 74.0 cm³/mol. The Bertz CT molecular complexity index is 561. The molecule has 3 rings (SSSR count). The van der Waals surface area contributed by atoms with Crippen LogP contribution in [0.2, 0.25) is 10.0 Å². The van der Waals surface area contributed by atoms with Crippen LogP contribution in [-0.2, 0) is 6.54 Å². The highest BCUT2D eigenvalue weighted by Gasteiger charge is 2.20. The zero-order valence-electron chi connectivity index (χ0n) is 9.75. The lowest BCUT2D eigenvalue weighted by Gasteiger charge is -2.02. The van der Waals surface area contributed by atoms with Crippen molar-refractivity contribution in [1.82, 2.24) is 5.32 Å². The first-order valence-electron chi connectivity index (χ1n) is 6.00. The van der Waals surface area contributed by atoms with Crippen LogP contribution in [0.15, 0.2) is 34.7 Å². The molecule has 1 N–H and O–H groups in total. The number of hydrogen-bond acceptors (Lipinski definition) is 2. The zero-order chi connectivity index (χ0) is 12.5. The van der Waals surface area contributed by atoms with Gasteiger partial charge in [-0.15, -0.1) is 0 Å². The van der Waals surface area contributed by atoms with Crippen molar-refractivity contribution in [3.8, 4) is 11.3 Å². The lowest BCUT2D eigenvalue weighted by Crippen LogP contribution is -2.14. The van der Waals surface area contributed by atoms with Gasteiger partial charge in [0.2, 0.25) is 0 Å². The molecule has 0 aliphatic heterocycles. The summed E-state index contributed by atoms with van der Waals surface area (Å²) in [5.74, 6) is 1.71. The fourth-order valence-electron chi connectivity index (χ4n) is 1.84. The molecule has 1 aliphatic rings. The minimum absolute atomic E-state index is 0.610. The van der Waals surface area contributed by atoms with E-state index in [-0.39, 0.29) is 0 Å². The Hall–Kier alpha value is -0.960. The van der Waals surface area contributed by atoms with Crippen molar-refractivity contribution in [3.05, 3.63) is 46.1 Å². The van der Waals surface area contributed by atoms with Gasteiger partial charge in [0.25, 0.3) is 0 Å². The van der Waals surface area contributed by atoms with E-state index in [4.69, 9.17) is 27.6 Å². The topological polar surface area (TPSA) is 25.2 Å². The Labute approximate surface area is 116 Å². The monoisotopic (exact) mass is 281 g/mol. The average molecular weight is 282 g/mol. The van der Waals surface area contributed by atoms with Gasteiger partial charge in [0.05, 0.1) is 11.6 Å². The van der Waals surface area contributed by atoms with Gasteiger partial charge in [-0.1, -0.05) is 23.2 Å². The molecule has 18 heavy (non-hydrogen) atoms. The van der Waals surface area contributed by atoms with Crippen LogP contribution in [0.25, 0.3) is 11.3 Å². The number of rotatable bonds is 4. The number of furan rings is 1. The first-order chi connectivity index (χ1) is 8.72. The molecule has 1 saturated carbocycles. The van der Waals surface area contributed by atoms with Crippen molar-refractivity contribution in [2.45, 2.75) is 25.4 Å². The maximum Gasteiger partial charge on any atom is 0.135 e. The van der Waals surface area contributed by atoms with Crippen LogP contribution in [-0.4, -0.2) is 6.04 Å². The summed E-state index contributed by atoms with van der Waals surface area (Å²) < 4.78 is 5.78. The van der Waals surface area contributed by atoms with Gasteiger partial charge in [0.1, 0.15) is 11.5 Å². The van der Waals surface area contributed by atoms with Gasteiger partial charge in [-0.25, -0.2) is 0 Å². The number of nitrogens with one attached hydrogen (secondary N) is 1. The van der Waals surface area contributed by atoms with Crippen LogP contribution in [0.3, 0.4) is 0 Å². The van der Waals surface area contributed by atoms with Crippen LogP contribution in [0.1, 0.15) is 18.6 Å². The first kappa shape index (κ1) is 12.1. The first-order valence-corrected chi connectivity index (χ1v) is 6.75. The van der Waals surface area contributed by atoms with E-state index < -0.39 is 0 Å². The molecule has 94 valence electrons. The predicted octanol–water partition coefficient (Wildman–Crippen LogP) is 4.51. The van der Waals surface area contributed by atoms with Gasteiger partial charge in [-0.05, 0) is 43.2 Å². The lowest BCUT2D eigenvalue weighted by molar-refractivity contribution is 0.492. The van der Waals surface area contributed by atoms with Crippen LogP contribution in [0, 0.1) is 0 Å². The fourth-order valence-corrected chi connectivity index (χ4v) is 2.34. The van der Waals surface area contributed by atoms with E-state index in [9.17, 15) is 0 Å². The Morgan fingerprint density at radius 2 is 2.00 bits per heavy atom. The summed E-state index contributed by atoms with van der Waals surface area (Å²) in [5, 5.41) is 4.65. The Morgan fingerprint density at radius 3 is 2.72 bits per heavy atom. The van der Waals surface area contributed by atoms with Crippen molar-refractivity contribution in [2.24, 2.45) is 0 Å². The van der Waals surface area contributed by atoms with Crippen LogP contribution < -0.4 is 5.32 Å². The molecule has 1 aliphatic carbocycles. The highest BCUT2D eigenvalue weighted by Crippen LogP contribution is 2.31. The molecule has 0 spiro atoms. The van der Waals surface area contributed by atoms with Crippen molar-refractivity contribution < 1.29 is 4.42 Å². The Kier molecular flexibility index (Phi) is 3.33. The van der Waals surface area contributed by atoms with Crippen molar-refractivity contribution in [1.29, 1.82) is 0 Å². The third-order valence-corrected chi connectivity index (χ3v) is 3.55. The smallest absolute Gasteiger partial charge is 0.135 e. The largest absolute Gasteiger partial charge is 0.460 e. The average Bonchev–Trinajstić information content (AvgIpc) is 3.05. The van der Waals surface area contributed by atoms with E-state index in [1.807, 2.05) is 24.3 Å². The van der Waals surface area contributed by atoms with E-state index in [0.717, 1.165) is 23.6 Å². The number of hydrogen-bond donors (Lipinski definition) is 1. The molecule has 0 saturated heterocycles. The Morgan fingerprint density at radius 1 is 1.17 bits per heavy atom. The molecule has 2 nitrogen and oxygen atoms in total. The summed E-state index contributed by atoms with van der Waals surface area (Å²) in [6, 6.07) is 10.0. The SMILES string of the molecule is Clc1ccc(-c2ccc(CNC3CC3)o2)c(Cl)c1. The maximum absolute atomic E-state index is 6.15. The number of benzene rings is 1. The molecule has 0 bridgehead atoms. The molecular weight excluding hydrogens is 269 g/mol. The second-order valence-corrected chi connectivity index (χ2v) is 5.39. The molecule has 4 heteroatoms. The van der Waals surface area contributed by atoms with E-state index in [1.54, 1.807) is 6.07 Å². The zero-order valence-corrected chi connectivity index (χ0v) is 11.3. The molecule has 0 radical (unpaired) electrons. The quantitative estimate of drug-likeness (QED) is 0.892. The van der Waals surface area contributed by atoms with Crippen molar-refractivity contribution in [3.63, 3.8) is 0 Å². The van der Waals surface area contributed by atoms with Gasteiger partial charge < -0.3 is 9.73 Å². The van der Waals surface area contributed by atoms with Gasteiger partial charge in [-0.2, -0.15) is 0 Å². The summed E-state index contributed by atoms with van der Waals surface area (Å²) >= 11 is 12.0. The van der Waals surface area contributed by atoms with Crippen LogP contribution in [0.5, 0.6) is 0 Å². The van der Waals surface area contributed by atoms with Crippen molar-refractivity contribution >= 4 is 23.2 Å². The second kappa shape index (κ2) is 4.96. The molecule has 0 atom stereocenters. The van der Waals surface area contributed by atoms with Gasteiger partial charge in [-0.3, -0.25) is 0 Å². The highest BCUT2D eigenvalue weighted by molar-refractivity contribution is 6.36. The molecule has 2 aromatic rings. The molecule has 0 unspecified atom stereocenters. The van der Waals surface area contributed by atoms with Gasteiger partial charge in [0, 0.05) is 16.6 Å². The Balaban J connectivity index is 1.78. The third-order valence-electron chi connectivity index (χ3n) is 3.00. The normalized spacial score (nSPS) is 15.0. The molecule has 1 aromatic heterocycles. The summed E-state index contributed by atoms with van der Waals surface area (Å²) in [5.41, 5.74) is 0.874. The minimum atomic E-state index is 0.610. The number of halogens is 2. The fraction of sp³-hybridized carbons (Fsp3) is 0.286. The molecule has 1 fully saturated rings. The van der Waals surface area contributed by atoms with E-state index in [1.165, 1.54) is 12.8 Å². The van der Waals surface area contributed by atoms with Crippen LogP contribution >= 0.6 is 23.2 Å². The second-order valence-electron chi connectivity index (χ2n) is 4.55. The van der Waals surface area contributed by atoms with Crippen LogP contribution in [0.4, 0.5) is 0 Å². The molecule has 1 aromatic carbocycles. The minimum Gasteiger partial charge on any atom is -0.460 e. The van der Waals surface area contributed by atoms with Gasteiger partial charge >= 0.3 is 0 Å². The summed E-state index contributed by atoms with van der Waals surface area (Å²) in [6.07, 6.45) is 2.55. The molecule has 0 amide bonds.